The van der Waals surface area contributed by atoms with E-state index in [0.717, 1.165) is 45.2 Å². The number of halogens is 3. The first-order chi connectivity index (χ1) is 26.1. The average Bonchev–Trinajstić information content (AvgIpc) is 3.87. The summed E-state index contributed by atoms with van der Waals surface area (Å²) in [6.07, 6.45) is 12.0. The highest BCUT2D eigenvalue weighted by Gasteiger charge is 2.49. The summed E-state index contributed by atoms with van der Waals surface area (Å²) in [5.41, 5.74) is 0.0336. The topological polar surface area (TPSA) is 92.0 Å². The summed E-state index contributed by atoms with van der Waals surface area (Å²) in [6.45, 7) is 5.73. The van der Waals surface area contributed by atoms with E-state index < -0.39 is 23.3 Å². The molecule has 0 radical (unpaired) electrons. The van der Waals surface area contributed by atoms with Crippen LogP contribution < -0.4 is 9.64 Å². The number of nitrogens with zero attached hydrogens (tertiary/aromatic N) is 7. The zero-order valence-electron chi connectivity index (χ0n) is 30.8. The van der Waals surface area contributed by atoms with E-state index in [0.29, 0.717) is 53.5 Å². The van der Waals surface area contributed by atoms with Crippen LogP contribution in [-0.2, 0) is 11.8 Å². The fourth-order valence-electron chi connectivity index (χ4n) is 9.84. The van der Waals surface area contributed by atoms with Crippen LogP contribution in [0, 0.1) is 24.0 Å². The molecular formula is C41H44F3N7O3. The number of anilines is 1. The Hall–Kier alpha value is -4.64. The maximum Gasteiger partial charge on any atom is 0.319 e. The molecule has 9 rings (SSSR count). The normalized spacial score (nSPS) is 24.9. The van der Waals surface area contributed by atoms with E-state index in [1.165, 1.54) is 24.3 Å². The number of hydrogen-bond acceptors (Lipinski definition) is 9. The van der Waals surface area contributed by atoms with E-state index in [-0.39, 0.29) is 64.1 Å². The maximum absolute atomic E-state index is 17.7. The van der Waals surface area contributed by atoms with E-state index >= 15 is 8.78 Å². The molecule has 4 saturated heterocycles. The molecule has 4 aliphatic heterocycles. The number of aryl methyl sites for hydroxylation is 1. The number of methoxy groups -OCH3 is 1. The first-order valence-corrected chi connectivity index (χ1v) is 18.9. The Morgan fingerprint density at radius 2 is 1.89 bits per heavy atom. The minimum absolute atomic E-state index is 0.00828. The first-order valence-electron chi connectivity index (χ1n) is 18.9. The molecule has 3 aromatic carbocycles. The predicted octanol–water partition coefficient (Wildman–Crippen LogP) is 6.34. The fourth-order valence-corrected chi connectivity index (χ4v) is 9.84. The predicted molar refractivity (Wildman–Crippen MR) is 202 cm³/mol. The first kappa shape index (κ1) is 35.1. The van der Waals surface area contributed by atoms with E-state index in [1.807, 2.05) is 6.20 Å². The van der Waals surface area contributed by atoms with Crippen molar-refractivity contribution in [2.75, 3.05) is 51.3 Å². The lowest BCUT2D eigenvalue weighted by molar-refractivity contribution is 0.0829. The Morgan fingerprint density at radius 3 is 2.65 bits per heavy atom. The number of rotatable bonds is 9. The molecule has 0 spiro atoms. The zero-order chi connectivity index (χ0) is 37.5. The summed E-state index contributed by atoms with van der Waals surface area (Å²) < 4.78 is 61.3. The van der Waals surface area contributed by atoms with Crippen LogP contribution in [0.5, 0.6) is 11.8 Å². The summed E-state index contributed by atoms with van der Waals surface area (Å²) in [5.74, 6) is 1.50. The molecule has 5 aromatic rings. The van der Waals surface area contributed by atoms with Gasteiger partial charge in [-0.15, -0.1) is 6.42 Å². The molecule has 10 nitrogen and oxygen atoms in total. The van der Waals surface area contributed by atoms with E-state index in [9.17, 15) is 9.50 Å². The van der Waals surface area contributed by atoms with E-state index in [2.05, 4.69) is 27.5 Å². The molecule has 0 aliphatic carbocycles. The number of terminal acetylenes is 1. The van der Waals surface area contributed by atoms with Crippen molar-refractivity contribution in [1.29, 1.82) is 0 Å². The van der Waals surface area contributed by atoms with Crippen LogP contribution in [-0.4, -0.2) is 111 Å². The molecule has 2 bridgehead atoms. The van der Waals surface area contributed by atoms with Crippen LogP contribution in [0.4, 0.5) is 19.0 Å². The summed E-state index contributed by atoms with van der Waals surface area (Å²) in [7, 11) is 3.49. The van der Waals surface area contributed by atoms with Gasteiger partial charge in [-0.1, -0.05) is 12.0 Å². The Labute approximate surface area is 311 Å². The van der Waals surface area contributed by atoms with Crippen molar-refractivity contribution in [2.24, 2.45) is 7.05 Å². The van der Waals surface area contributed by atoms with Crippen molar-refractivity contribution in [3.63, 3.8) is 0 Å². The molecule has 4 fully saturated rings. The quantitative estimate of drug-likeness (QED) is 0.174. The summed E-state index contributed by atoms with van der Waals surface area (Å²) >= 11 is 0. The third-order valence-corrected chi connectivity index (χ3v) is 12.5. The van der Waals surface area contributed by atoms with Gasteiger partial charge in [-0.3, -0.25) is 14.5 Å². The summed E-state index contributed by atoms with van der Waals surface area (Å²) in [6, 6.07) is 6.17. The largest absolute Gasteiger partial charge is 0.508 e. The smallest absolute Gasteiger partial charge is 0.319 e. The second kappa shape index (κ2) is 13.3. The molecule has 2 aromatic heterocycles. The number of piperazine rings is 1. The second-order valence-corrected chi connectivity index (χ2v) is 15.7. The molecular weight excluding hydrogens is 695 g/mol. The highest BCUT2D eigenvalue weighted by Crippen LogP contribution is 2.46. The number of hydrogen-bond donors (Lipinski definition) is 1. The minimum Gasteiger partial charge on any atom is -0.508 e. The summed E-state index contributed by atoms with van der Waals surface area (Å²) in [5, 5.41) is 17.4. The summed E-state index contributed by atoms with van der Waals surface area (Å²) in [4.78, 5) is 16.8. The van der Waals surface area contributed by atoms with Crippen LogP contribution >= 0.6 is 0 Å². The van der Waals surface area contributed by atoms with Crippen molar-refractivity contribution in [3.05, 3.63) is 47.7 Å². The highest BCUT2D eigenvalue weighted by atomic mass is 19.1. The van der Waals surface area contributed by atoms with Crippen molar-refractivity contribution in [3.8, 4) is 35.2 Å². The molecule has 282 valence electrons. The van der Waals surface area contributed by atoms with Gasteiger partial charge >= 0.3 is 6.01 Å². The molecule has 13 heteroatoms. The van der Waals surface area contributed by atoms with Gasteiger partial charge in [0.1, 0.15) is 41.2 Å². The van der Waals surface area contributed by atoms with Gasteiger partial charge in [0.2, 0.25) is 0 Å². The van der Waals surface area contributed by atoms with Crippen LogP contribution in [0.3, 0.4) is 0 Å². The number of aromatic nitrogens is 4. The van der Waals surface area contributed by atoms with Crippen molar-refractivity contribution < 1.29 is 27.8 Å². The number of ether oxygens (including phenoxy) is 2. The van der Waals surface area contributed by atoms with Gasteiger partial charge in [-0.2, -0.15) is 15.1 Å². The minimum atomic E-state index is -0.936. The van der Waals surface area contributed by atoms with Gasteiger partial charge in [0, 0.05) is 81.4 Å². The molecule has 54 heavy (non-hydrogen) atoms. The lowest BCUT2D eigenvalue weighted by Gasteiger charge is -2.42. The molecule has 6 heterocycles. The molecule has 3 unspecified atom stereocenters. The molecule has 0 amide bonds. The zero-order valence-corrected chi connectivity index (χ0v) is 30.8. The Morgan fingerprint density at radius 1 is 1.09 bits per heavy atom. The Balaban J connectivity index is 1.23. The van der Waals surface area contributed by atoms with Gasteiger partial charge in [-0.25, -0.2) is 13.2 Å². The fraction of sp³-hybridized carbons (Fsp3) is 0.488. The maximum atomic E-state index is 17.7. The van der Waals surface area contributed by atoms with Gasteiger partial charge in [0.25, 0.3) is 0 Å². The molecule has 0 saturated carbocycles. The number of aromatic hydroxyl groups is 1. The number of alkyl halides is 1. The Bertz CT molecular complexity index is 2330. The number of phenolic OH excluding ortho intramolecular Hbond substituents is 1. The van der Waals surface area contributed by atoms with Crippen LogP contribution in [0.1, 0.15) is 51.0 Å². The average molecular weight is 740 g/mol. The molecule has 4 aliphatic rings. The van der Waals surface area contributed by atoms with E-state index in [1.54, 1.807) is 18.8 Å². The van der Waals surface area contributed by atoms with Gasteiger partial charge in [0.15, 0.2) is 5.82 Å². The number of benzene rings is 3. The Kier molecular flexibility index (Phi) is 8.63. The third-order valence-electron chi connectivity index (χ3n) is 12.5. The highest BCUT2D eigenvalue weighted by molar-refractivity contribution is 6.18. The van der Waals surface area contributed by atoms with Crippen molar-refractivity contribution >= 4 is 38.4 Å². The van der Waals surface area contributed by atoms with Gasteiger partial charge in [-0.05, 0) is 74.7 Å². The number of phenols is 1. The van der Waals surface area contributed by atoms with E-state index in [4.69, 9.17) is 31.0 Å². The standard InChI is InChI=1S/C41H44F3N7O3/c1-5-29-32(43)10-7-24-15-28(52)16-30(33(24)29)34-36(44)38-35(31-21-48(3)47-37(31)34)39(49-19-26-8-9-27(20-49)51(26)14-11-23(2)53-4)46-40(45-38)54-22-41-12-6-13-50(41)18-25(42)17-41/h1,7,10,15-16,21,23,25-27,52H,6,8-9,11-14,17-20,22H2,2-4H3/t23?,25-,26?,27?,41+/m1/s1. The lowest BCUT2D eigenvalue weighted by Crippen LogP contribution is -2.54. The van der Waals surface area contributed by atoms with Crippen molar-refractivity contribution in [2.45, 2.75) is 75.3 Å². The lowest BCUT2D eigenvalue weighted by atomic mass is 9.91. The monoisotopic (exact) mass is 739 g/mol. The SMILES string of the molecule is C#Cc1c(F)ccc2cc(O)cc(-c3c(F)c4nc(OC[C@@]56CCCN5C[C@H](F)C6)nc(N5CC6CCC(C5)N6CCC(C)OC)c4c4cn(C)nc34)c12. The molecule has 5 atom stereocenters. The third kappa shape index (κ3) is 5.64. The number of fused-ring (bicyclic) bond motifs is 7. The van der Waals surface area contributed by atoms with Gasteiger partial charge < -0.3 is 19.5 Å². The van der Waals surface area contributed by atoms with Crippen molar-refractivity contribution in [1.82, 2.24) is 29.5 Å². The molecule has 1 N–H and O–H groups in total. The van der Waals surface area contributed by atoms with Crippen LogP contribution in [0.15, 0.2) is 30.5 Å². The van der Waals surface area contributed by atoms with Crippen LogP contribution in [0.2, 0.25) is 0 Å². The van der Waals surface area contributed by atoms with Crippen LogP contribution in [0.25, 0.3) is 43.7 Å². The van der Waals surface area contributed by atoms with Gasteiger partial charge in [0.05, 0.1) is 22.6 Å². The second-order valence-electron chi connectivity index (χ2n) is 15.7.